The van der Waals surface area contributed by atoms with E-state index >= 15 is 0 Å². The van der Waals surface area contributed by atoms with Gasteiger partial charge in [0.15, 0.2) is 0 Å². The van der Waals surface area contributed by atoms with Crippen molar-refractivity contribution in [1.82, 2.24) is 10.3 Å². The molecule has 4 nitrogen and oxygen atoms in total. The van der Waals surface area contributed by atoms with Gasteiger partial charge in [-0.25, -0.2) is 0 Å². The lowest BCUT2D eigenvalue weighted by Crippen LogP contribution is -2.35. The molecule has 2 aromatic carbocycles. The minimum Gasteiger partial charge on any atom is -0.448 e. The SMILES string of the molecule is C=c1[nH]c(=O)/c(=C\NCc2ccc(CC)c(OS(C(C)C)(C(C)C)C(C)CC)c2)c2cc(Br)ccc12. The summed E-state index contributed by atoms with van der Waals surface area (Å²) in [5, 5.41) is 7.82. The number of halogens is 1. The molecule has 0 aliphatic rings. The van der Waals surface area contributed by atoms with Crippen LogP contribution in [0.3, 0.4) is 0 Å². The number of aromatic nitrogens is 1. The Morgan fingerprint density at radius 1 is 1.06 bits per heavy atom. The molecule has 0 saturated heterocycles. The van der Waals surface area contributed by atoms with E-state index in [1.165, 1.54) is 5.56 Å². The van der Waals surface area contributed by atoms with Gasteiger partial charge in [-0.3, -0.25) is 4.79 Å². The van der Waals surface area contributed by atoms with Crippen LogP contribution in [0.1, 0.15) is 66.0 Å². The van der Waals surface area contributed by atoms with E-state index in [0.717, 1.165) is 39.4 Å². The predicted octanol–water partition coefficient (Wildman–Crippen LogP) is 6.50. The van der Waals surface area contributed by atoms with E-state index in [1.807, 2.05) is 18.2 Å². The molecule has 3 rings (SSSR count). The van der Waals surface area contributed by atoms with E-state index in [4.69, 9.17) is 4.18 Å². The summed E-state index contributed by atoms with van der Waals surface area (Å²) in [6.07, 6.45) is 3.83. The van der Waals surface area contributed by atoms with Gasteiger partial charge in [0.1, 0.15) is 5.75 Å². The van der Waals surface area contributed by atoms with E-state index in [-0.39, 0.29) is 5.56 Å². The lowest BCUT2D eigenvalue weighted by Gasteiger charge is -2.51. The Bertz CT molecular complexity index is 1370. The molecule has 0 aliphatic carbocycles. The fraction of sp³-hybridized carbons (Fsp3) is 0.433. The van der Waals surface area contributed by atoms with Crippen molar-refractivity contribution in [1.29, 1.82) is 0 Å². The van der Waals surface area contributed by atoms with Crippen LogP contribution in [-0.4, -0.2) is 20.7 Å². The molecule has 1 heterocycles. The Morgan fingerprint density at radius 2 is 1.75 bits per heavy atom. The lowest BCUT2D eigenvalue weighted by molar-refractivity contribution is 0.568. The third-order valence-corrected chi connectivity index (χ3v) is 12.6. The maximum atomic E-state index is 12.7. The molecule has 0 bridgehead atoms. The molecular weight excluding hydrogens is 532 g/mol. The minimum atomic E-state index is -1.35. The van der Waals surface area contributed by atoms with Gasteiger partial charge in [0.25, 0.3) is 5.56 Å². The van der Waals surface area contributed by atoms with Crippen molar-refractivity contribution >= 4 is 49.8 Å². The zero-order valence-corrected chi connectivity index (χ0v) is 25.1. The van der Waals surface area contributed by atoms with Gasteiger partial charge in [0.2, 0.25) is 0 Å². The van der Waals surface area contributed by atoms with Crippen molar-refractivity contribution in [3.05, 3.63) is 72.9 Å². The van der Waals surface area contributed by atoms with Gasteiger partial charge in [-0.05, 0) is 47.6 Å². The first-order chi connectivity index (χ1) is 17.0. The number of H-pyrrole nitrogens is 1. The van der Waals surface area contributed by atoms with Gasteiger partial charge in [-0.1, -0.05) is 99.5 Å². The smallest absolute Gasteiger partial charge is 0.257 e. The quantitative estimate of drug-likeness (QED) is 0.291. The van der Waals surface area contributed by atoms with Crippen molar-refractivity contribution in [2.24, 2.45) is 0 Å². The molecule has 0 aliphatic heterocycles. The average Bonchev–Trinajstić information content (AvgIpc) is 2.83. The molecule has 36 heavy (non-hydrogen) atoms. The van der Waals surface area contributed by atoms with E-state index in [1.54, 1.807) is 6.20 Å². The summed E-state index contributed by atoms with van der Waals surface area (Å²) in [4.78, 5) is 15.6. The molecule has 0 spiro atoms. The summed E-state index contributed by atoms with van der Waals surface area (Å²) in [5.74, 6) is 1.00. The molecule has 0 amide bonds. The summed E-state index contributed by atoms with van der Waals surface area (Å²) >= 11 is 3.52. The number of aryl methyl sites for hydroxylation is 1. The van der Waals surface area contributed by atoms with Gasteiger partial charge in [-0.2, -0.15) is 0 Å². The Hall–Kier alpha value is -2.18. The maximum absolute atomic E-state index is 12.7. The molecule has 196 valence electrons. The van der Waals surface area contributed by atoms with E-state index in [0.29, 0.717) is 32.9 Å². The number of fused-ring (bicyclic) bond motifs is 1. The molecule has 3 aromatic rings. The Labute approximate surface area is 225 Å². The number of hydrogen-bond acceptors (Lipinski definition) is 3. The number of nitrogens with one attached hydrogen (secondary N) is 2. The summed E-state index contributed by atoms with van der Waals surface area (Å²) in [7, 11) is -1.35. The largest absolute Gasteiger partial charge is 0.448 e. The normalized spacial score (nSPS) is 14.0. The van der Waals surface area contributed by atoms with Crippen LogP contribution in [0, 0.1) is 0 Å². The second kappa shape index (κ2) is 11.9. The van der Waals surface area contributed by atoms with Crippen LogP contribution in [0.25, 0.3) is 23.6 Å². The molecule has 1 aromatic heterocycles. The highest BCUT2D eigenvalue weighted by Crippen LogP contribution is 2.62. The zero-order valence-electron chi connectivity index (χ0n) is 22.7. The molecule has 1 atom stereocenters. The van der Waals surface area contributed by atoms with Crippen LogP contribution in [0.2, 0.25) is 0 Å². The highest BCUT2D eigenvalue weighted by atomic mass is 79.9. The van der Waals surface area contributed by atoms with Crippen LogP contribution in [0.5, 0.6) is 5.75 Å². The first-order valence-corrected chi connectivity index (χ1v) is 15.4. The number of aromatic amines is 1. The number of hydrogen-bond donors (Lipinski definition) is 2. The van der Waals surface area contributed by atoms with Crippen molar-refractivity contribution < 1.29 is 4.18 Å². The van der Waals surface area contributed by atoms with Crippen LogP contribution >= 0.6 is 26.2 Å². The fourth-order valence-electron chi connectivity index (χ4n) is 5.05. The fourth-order valence-corrected chi connectivity index (χ4v) is 9.90. The summed E-state index contributed by atoms with van der Waals surface area (Å²) in [6, 6.07) is 12.4. The highest BCUT2D eigenvalue weighted by molar-refractivity contribution is 9.10. The molecule has 0 fully saturated rings. The van der Waals surface area contributed by atoms with Crippen LogP contribution in [0.15, 0.2) is 45.7 Å². The number of pyridine rings is 1. The molecule has 0 radical (unpaired) electrons. The summed E-state index contributed by atoms with van der Waals surface area (Å²) in [5.41, 5.74) is 2.21. The Balaban J connectivity index is 1.97. The minimum absolute atomic E-state index is 0.153. The number of benzene rings is 2. The second-order valence-corrected chi connectivity index (χ2v) is 15.1. The van der Waals surface area contributed by atoms with Crippen molar-refractivity contribution in [2.75, 3.05) is 0 Å². The second-order valence-electron chi connectivity index (χ2n) is 9.95. The monoisotopic (exact) mass is 572 g/mol. The third kappa shape index (κ3) is 5.70. The first kappa shape index (κ1) is 28.4. The van der Waals surface area contributed by atoms with E-state index in [2.05, 4.69) is 99.5 Å². The first-order valence-electron chi connectivity index (χ1n) is 12.9. The van der Waals surface area contributed by atoms with Gasteiger partial charge in [-0.15, -0.1) is 0 Å². The van der Waals surface area contributed by atoms with Crippen LogP contribution < -0.4 is 25.6 Å². The standard InChI is InChI=1S/C30H41BrN2O2S/c1-9-21(7)36(19(3)4,20(5)6)35-29-15-23(11-12-24(29)10-2)17-32-18-28-27-16-25(31)13-14-26(27)22(8)33-30(28)34/h11-16,18-21,32H,8-10,17H2,1-7H3,(H,33,34)/b28-18-. The molecule has 0 saturated carbocycles. The van der Waals surface area contributed by atoms with Crippen molar-refractivity contribution in [2.45, 2.75) is 83.6 Å². The molecule has 2 N–H and O–H groups in total. The van der Waals surface area contributed by atoms with Gasteiger partial charge in [0.05, 0.1) is 5.22 Å². The maximum Gasteiger partial charge on any atom is 0.257 e. The molecular formula is C30H41BrN2O2S. The lowest BCUT2D eigenvalue weighted by atomic mass is 10.1. The van der Waals surface area contributed by atoms with Crippen LogP contribution in [0.4, 0.5) is 0 Å². The Kier molecular flexibility index (Phi) is 9.39. The summed E-state index contributed by atoms with van der Waals surface area (Å²) in [6.45, 7) is 20.6. The average molecular weight is 574 g/mol. The summed E-state index contributed by atoms with van der Waals surface area (Å²) < 4.78 is 8.01. The van der Waals surface area contributed by atoms with E-state index in [9.17, 15) is 4.79 Å². The molecule has 6 heteroatoms. The molecule has 1 unspecified atom stereocenters. The Morgan fingerprint density at radius 3 is 2.36 bits per heavy atom. The number of rotatable bonds is 10. The highest BCUT2D eigenvalue weighted by Gasteiger charge is 2.39. The zero-order chi connectivity index (χ0) is 26.6. The topological polar surface area (TPSA) is 54.1 Å². The van der Waals surface area contributed by atoms with Crippen molar-refractivity contribution in [3.63, 3.8) is 0 Å². The van der Waals surface area contributed by atoms with Crippen LogP contribution in [-0.2, 0) is 13.0 Å². The predicted molar refractivity (Wildman–Crippen MR) is 162 cm³/mol. The third-order valence-electron chi connectivity index (χ3n) is 7.08. The van der Waals surface area contributed by atoms with Gasteiger partial charge >= 0.3 is 0 Å². The van der Waals surface area contributed by atoms with Crippen molar-refractivity contribution in [3.8, 4) is 5.75 Å². The van der Waals surface area contributed by atoms with Gasteiger partial charge in [0, 0.05) is 43.7 Å². The van der Waals surface area contributed by atoms with E-state index < -0.39 is 10.3 Å². The van der Waals surface area contributed by atoms with Gasteiger partial charge < -0.3 is 14.5 Å².